The van der Waals surface area contributed by atoms with E-state index in [2.05, 4.69) is 58.3 Å². The summed E-state index contributed by atoms with van der Waals surface area (Å²) in [7, 11) is 2.01. The smallest absolute Gasteiger partial charge is 0.267 e. The summed E-state index contributed by atoms with van der Waals surface area (Å²) < 4.78 is 1.06. The third-order valence-electron chi connectivity index (χ3n) is 6.20. The molecule has 0 saturated carbocycles. The third kappa shape index (κ3) is 4.28. The molecule has 6 nitrogen and oxygen atoms in total. The summed E-state index contributed by atoms with van der Waals surface area (Å²) in [6, 6.07) is 14.6. The zero-order valence-corrected chi connectivity index (χ0v) is 22.3. The molecule has 0 aliphatic carbocycles. The number of rotatable bonds is 5. The number of nitrogens with one attached hydrogen (secondary N) is 1. The summed E-state index contributed by atoms with van der Waals surface area (Å²) in [5.41, 5.74) is 5.23. The topological polar surface area (TPSA) is 71.0 Å². The molecule has 0 bridgehead atoms. The minimum absolute atomic E-state index is 0.172. The lowest BCUT2D eigenvalue weighted by Crippen LogP contribution is -2.13. The van der Waals surface area contributed by atoms with Gasteiger partial charge in [-0.2, -0.15) is 0 Å². The zero-order valence-electron chi connectivity index (χ0n) is 20.6. The van der Waals surface area contributed by atoms with E-state index in [1.54, 1.807) is 0 Å². The summed E-state index contributed by atoms with van der Waals surface area (Å²) in [4.78, 5) is 30.9. The van der Waals surface area contributed by atoms with E-state index in [-0.39, 0.29) is 5.91 Å². The minimum atomic E-state index is -0.172. The molecule has 0 aliphatic heterocycles. The van der Waals surface area contributed by atoms with Crippen LogP contribution < -0.4 is 10.2 Å². The summed E-state index contributed by atoms with van der Waals surface area (Å²) in [6.07, 6.45) is 0. The molecular formula is C27H27N5OS2. The highest BCUT2D eigenvalue weighted by atomic mass is 32.1. The number of nitrogens with zero attached hydrogens (tertiary/aromatic N) is 4. The molecule has 0 radical (unpaired) electrons. The maximum Gasteiger partial charge on any atom is 0.267 e. The number of carbonyl (C=O) groups excluding carboxylic acids is 1. The fraction of sp³-hybridized carbons (Fsp3) is 0.259. The first-order chi connectivity index (χ1) is 16.7. The first-order valence-electron chi connectivity index (χ1n) is 11.5. The second-order valence-corrected chi connectivity index (χ2v) is 11.1. The van der Waals surface area contributed by atoms with Crippen molar-refractivity contribution in [2.24, 2.45) is 0 Å². The van der Waals surface area contributed by atoms with Crippen LogP contribution in [0.5, 0.6) is 0 Å². The number of anilines is 3. The molecule has 5 aromatic rings. The summed E-state index contributed by atoms with van der Waals surface area (Å²) in [6.45, 7) is 10.3. The number of carbonyl (C=O) groups is 1. The molecule has 0 saturated heterocycles. The first kappa shape index (κ1) is 23.4. The fourth-order valence-corrected chi connectivity index (χ4v) is 6.23. The van der Waals surface area contributed by atoms with Gasteiger partial charge in [-0.05, 0) is 61.6 Å². The average Bonchev–Trinajstić information content (AvgIpc) is 3.39. The van der Waals surface area contributed by atoms with Crippen LogP contribution in [-0.4, -0.2) is 27.9 Å². The molecule has 0 atom stereocenters. The maximum absolute atomic E-state index is 13.3. The van der Waals surface area contributed by atoms with Crippen LogP contribution in [0.3, 0.4) is 0 Å². The number of amides is 1. The van der Waals surface area contributed by atoms with E-state index in [1.807, 2.05) is 46.0 Å². The van der Waals surface area contributed by atoms with Gasteiger partial charge < -0.3 is 4.90 Å². The van der Waals surface area contributed by atoms with E-state index in [1.165, 1.54) is 28.2 Å². The van der Waals surface area contributed by atoms with Crippen molar-refractivity contribution in [3.63, 3.8) is 0 Å². The molecular weight excluding hydrogens is 474 g/mol. The molecule has 8 heteroatoms. The second kappa shape index (κ2) is 9.02. The normalized spacial score (nSPS) is 11.5. The predicted molar refractivity (Wildman–Crippen MR) is 148 cm³/mol. The van der Waals surface area contributed by atoms with Crippen molar-refractivity contribution in [2.75, 3.05) is 17.3 Å². The molecule has 0 aliphatic rings. The Morgan fingerprint density at radius 3 is 2.40 bits per heavy atom. The predicted octanol–water partition coefficient (Wildman–Crippen LogP) is 7.37. The largest absolute Gasteiger partial charge is 0.329 e. The lowest BCUT2D eigenvalue weighted by molar-refractivity contribution is 0.103. The van der Waals surface area contributed by atoms with Gasteiger partial charge in [0, 0.05) is 12.7 Å². The van der Waals surface area contributed by atoms with Crippen LogP contribution in [0.15, 0.2) is 42.5 Å². The van der Waals surface area contributed by atoms with Crippen LogP contribution >= 0.6 is 22.7 Å². The molecule has 178 valence electrons. The Kier molecular flexibility index (Phi) is 6.02. The standard InChI is InChI=1S/C27H27N5OS2/c1-14(2)18-10-12-19(13-11-18)32(6)24-21-16(4)23(35-26(21)29-17(5)28-24)25(33)31-27-30-22-15(3)8-7-9-20(22)34-27/h7-14H,1-6H3,(H,30,31,33). The van der Waals surface area contributed by atoms with Gasteiger partial charge in [0.1, 0.15) is 16.5 Å². The molecule has 1 N–H and O–H groups in total. The minimum Gasteiger partial charge on any atom is -0.329 e. The number of hydrogen-bond donors (Lipinski definition) is 1. The van der Waals surface area contributed by atoms with Crippen LogP contribution in [0.2, 0.25) is 0 Å². The number of para-hydroxylation sites is 1. The van der Waals surface area contributed by atoms with Crippen LogP contribution in [0.4, 0.5) is 16.6 Å². The molecule has 1 amide bonds. The molecule has 0 spiro atoms. The van der Waals surface area contributed by atoms with E-state index in [0.717, 1.165) is 43.1 Å². The SMILES string of the molecule is Cc1nc(N(C)c2ccc(C(C)C)cc2)c2c(C)c(C(=O)Nc3nc4c(C)cccc4s3)sc2n1. The van der Waals surface area contributed by atoms with Crippen LogP contribution in [-0.2, 0) is 0 Å². The van der Waals surface area contributed by atoms with Crippen molar-refractivity contribution in [2.45, 2.75) is 40.5 Å². The zero-order chi connectivity index (χ0) is 24.9. The monoisotopic (exact) mass is 501 g/mol. The molecule has 2 aromatic carbocycles. The van der Waals surface area contributed by atoms with Gasteiger partial charge in [-0.25, -0.2) is 15.0 Å². The van der Waals surface area contributed by atoms with Crippen molar-refractivity contribution in [1.82, 2.24) is 15.0 Å². The van der Waals surface area contributed by atoms with E-state index >= 15 is 0 Å². The third-order valence-corrected chi connectivity index (χ3v) is 8.32. The van der Waals surface area contributed by atoms with E-state index in [0.29, 0.717) is 21.8 Å². The number of aromatic nitrogens is 3. The van der Waals surface area contributed by atoms with Gasteiger partial charge in [-0.3, -0.25) is 10.1 Å². The van der Waals surface area contributed by atoms with Gasteiger partial charge >= 0.3 is 0 Å². The molecule has 5 rings (SSSR count). The lowest BCUT2D eigenvalue weighted by atomic mass is 10.0. The average molecular weight is 502 g/mol. The van der Waals surface area contributed by atoms with Gasteiger partial charge in [-0.15, -0.1) is 11.3 Å². The Balaban J connectivity index is 1.52. The number of benzene rings is 2. The van der Waals surface area contributed by atoms with Crippen LogP contribution in [0.1, 0.15) is 52.0 Å². The highest BCUT2D eigenvalue weighted by Gasteiger charge is 2.23. The maximum atomic E-state index is 13.3. The second-order valence-electron chi connectivity index (χ2n) is 9.03. The van der Waals surface area contributed by atoms with Gasteiger partial charge in [-0.1, -0.05) is 49.4 Å². The van der Waals surface area contributed by atoms with Gasteiger partial charge in [0.2, 0.25) is 0 Å². The summed E-state index contributed by atoms with van der Waals surface area (Å²) >= 11 is 2.88. The van der Waals surface area contributed by atoms with Crippen molar-refractivity contribution < 1.29 is 4.79 Å². The number of aryl methyl sites for hydroxylation is 3. The van der Waals surface area contributed by atoms with Crippen molar-refractivity contribution in [3.05, 3.63) is 69.9 Å². The summed E-state index contributed by atoms with van der Waals surface area (Å²) in [5.74, 6) is 1.78. The van der Waals surface area contributed by atoms with E-state index in [9.17, 15) is 4.79 Å². The molecule has 3 aromatic heterocycles. The lowest BCUT2D eigenvalue weighted by Gasteiger charge is -2.20. The quantitative estimate of drug-likeness (QED) is 0.272. The summed E-state index contributed by atoms with van der Waals surface area (Å²) in [5, 5.41) is 4.51. The number of fused-ring (bicyclic) bond motifs is 2. The Labute approximate surface area is 212 Å². The van der Waals surface area contributed by atoms with Crippen molar-refractivity contribution >= 4 is 65.7 Å². The van der Waals surface area contributed by atoms with Crippen LogP contribution in [0.25, 0.3) is 20.4 Å². The molecule has 0 unspecified atom stereocenters. The molecule has 35 heavy (non-hydrogen) atoms. The van der Waals surface area contributed by atoms with E-state index < -0.39 is 0 Å². The first-order valence-corrected chi connectivity index (χ1v) is 13.1. The molecule has 0 fully saturated rings. The van der Waals surface area contributed by atoms with Crippen LogP contribution in [0, 0.1) is 20.8 Å². The highest BCUT2D eigenvalue weighted by Crippen LogP contribution is 2.38. The Bertz CT molecular complexity index is 1570. The van der Waals surface area contributed by atoms with Crippen molar-refractivity contribution in [3.8, 4) is 0 Å². The van der Waals surface area contributed by atoms with Gasteiger partial charge in [0.25, 0.3) is 5.91 Å². The number of hydrogen-bond acceptors (Lipinski definition) is 7. The van der Waals surface area contributed by atoms with Crippen molar-refractivity contribution in [1.29, 1.82) is 0 Å². The number of thiazole rings is 1. The Morgan fingerprint density at radius 2 is 1.71 bits per heavy atom. The van der Waals surface area contributed by atoms with Gasteiger partial charge in [0.05, 0.1) is 20.5 Å². The highest BCUT2D eigenvalue weighted by molar-refractivity contribution is 7.23. The number of thiophene rings is 1. The van der Waals surface area contributed by atoms with Gasteiger partial charge in [0.15, 0.2) is 5.13 Å². The Hall–Kier alpha value is -3.36. The molecule has 3 heterocycles. The Morgan fingerprint density at radius 1 is 0.971 bits per heavy atom. The van der Waals surface area contributed by atoms with E-state index in [4.69, 9.17) is 4.98 Å². The fourth-order valence-electron chi connectivity index (χ4n) is 4.18.